The van der Waals surface area contributed by atoms with Crippen LogP contribution in [-0.2, 0) is 24.3 Å². The lowest BCUT2D eigenvalue weighted by Gasteiger charge is -2.34. The first-order valence-corrected chi connectivity index (χ1v) is 12.6. The zero-order valence-electron chi connectivity index (χ0n) is 19.7. The molecular formula is C30H32N2O2. The largest absolute Gasteiger partial charge is 0.457 e. The molecule has 1 saturated heterocycles. The SMILES string of the molecule is O=C(C1CC12CCN(Cc1cccc(Oc3ccccc3)c1)CC2)N1CCc2ccccc2C1. The molecule has 1 atom stereocenters. The molecule has 2 aliphatic heterocycles. The summed E-state index contributed by atoms with van der Waals surface area (Å²) in [4.78, 5) is 18.0. The molecule has 3 aromatic carbocycles. The highest BCUT2D eigenvalue weighted by Gasteiger charge is 2.59. The van der Waals surface area contributed by atoms with E-state index in [0.29, 0.717) is 5.91 Å². The van der Waals surface area contributed by atoms with Crippen molar-refractivity contribution >= 4 is 5.91 Å². The first kappa shape index (κ1) is 21.4. The predicted octanol–water partition coefficient (Wildman–Crippen LogP) is 5.67. The number of amides is 1. The van der Waals surface area contributed by atoms with Gasteiger partial charge in [-0.1, -0.05) is 54.6 Å². The van der Waals surface area contributed by atoms with Crippen molar-refractivity contribution in [2.75, 3.05) is 19.6 Å². The molecule has 1 amide bonds. The fraction of sp³-hybridized carbons (Fsp3) is 0.367. The Labute approximate surface area is 202 Å². The van der Waals surface area contributed by atoms with E-state index in [2.05, 4.69) is 52.3 Å². The van der Waals surface area contributed by atoms with E-state index in [4.69, 9.17) is 4.74 Å². The van der Waals surface area contributed by atoms with Crippen molar-refractivity contribution in [2.45, 2.75) is 38.8 Å². The van der Waals surface area contributed by atoms with E-state index in [1.807, 2.05) is 36.4 Å². The van der Waals surface area contributed by atoms with Crippen molar-refractivity contribution in [3.8, 4) is 11.5 Å². The van der Waals surface area contributed by atoms with Crippen LogP contribution in [0.25, 0.3) is 0 Å². The number of likely N-dealkylation sites (tertiary alicyclic amines) is 1. The van der Waals surface area contributed by atoms with Gasteiger partial charge >= 0.3 is 0 Å². The number of nitrogens with zero attached hydrogens (tertiary/aromatic N) is 2. The summed E-state index contributed by atoms with van der Waals surface area (Å²) in [6.45, 7) is 4.72. The van der Waals surface area contributed by atoms with E-state index in [1.165, 1.54) is 16.7 Å². The maximum Gasteiger partial charge on any atom is 0.226 e. The van der Waals surface area contributed by atoms with Gasteiger partial charge in [0.15, 0.2) is 0 Å². The van der Waals surface area contributed by atoms with E-state index in [0.717, 1.165) is 69.9 Å². The molecule has 2 fully saturated rings. The van der Waals surface area contributed by atoms with Gasteiger partial charge in [-0.2, -0.15) is 0 Å². The fourth-order valence-corrected chi connectivity index (χ4v) is 5.90. The van der Waals surface area contributed by atoms with Crippen molar-refractivity contribution in [3.63, 3.8) is 0 Å². The van der Waals surface area contributed by atoms with Gasteiger partial charge in [-0.3, -0.25) is 9.69 Å². The van der Waals surface area contributed by atoms with E-state index >= 15 is 0 Å². The molecule has 1 saturated carbocycles. The molecule has 1 aliphatic carbocycles. The Hall–Kier alpha value is -3.11. The number of carbonyl (C=O) groups is 1. The quantitative estimate of drug-likeness (QED) is 0.500. The summed E-state index contributed by atoms with van der Waals surface area (Å²) in [7, 11) is 0. The number of hydrogen-bond donors (Lipinski definition) is 0. The van der Waals surface area contributed by atoms with Gasteiger partial charge in [0.05, 0.1) is 0 Å². The number of benzene rings is 3. The van der Waals surface area contributed by atoms with Gasteiger partial charge in [0.2, 0.25) is 5.91 Å². The van der Waals surface area contributed by atoms with E-state index in [9.17, 15) is 4.79 Å². The van der Waals surface area contributed by atoms with Gasteiger partial charge in [-0.15, -0.1) is 0 Å². The fourth-order valence-electron chi connectivity index (χ4n) is 5.90. The second-order valence-electron chi connectivity index (χ2n) is 10.2. The summed E-state index contributed by atoms with van der Waals surface area (Å²) in [5.74, 6) is 2.38. The zero-order valence-corrected chi connectivity index (χ0v) is 19.7. The highest BCUT2D eigenvalue weighted by molar-refractivity contribution is 5.83. The van der Waals surface area contributed by atoms with Crippen LogP contribution in [0.5, 0.6) is 11.5 Å². The lowest BCUT2D eigenvalue weighted by molar-refractivity contribution is -0.134. The average molecular weight is 453 g/mol. The molecule has 3 aliphatic rings. The Morgan fingerprint density at radius 3 is 2.41 bits per heavy atom. The first-order valence-electron chi connectivity index (χ1n) is 12.6. The van der Waals surface area contributed by atoms with Gasteiger partial charge in [0, 0.05) is 25.6 Å². The highest BCUT2D eigenvalue weighted by Crippen LogP contribution is 2.60. The molecule has 0 aromatic heterocycles. The maximum absolute atomic E-state index is 13.3. The third-order valence-electron chi connectivity index (χ3n) is 8.07. The monoisotopic (exact) mass is 452 g/mol. The van der Waals surface area contributed by atoms with Crippen LogP contribution in [0.3, 0.4) is 0 Å². The minimum absolute atomic E-state index is 0.238. The Kier molecular flexibility index (Phi) is 5.62. The van der Waals surface area contributed by atoms with E-state index in [1.54, 1.807) is 0 Å². The van der Waals surface area contributed by atoms with Crippen LogP contribution < -0.4 is 4.74 Å². The summed E-state index contributed by atoms with van der Waals surface area (Å²) in [5, 5.41) is 0. The van der Waals surface area contributed by atoms with Gasteiger partial charge in [0.25, 0.3) is 0 Å². The lowest BCUT2D eigenvalue weighted by Crippen LogP contribution is -2.40. The lowest BCUT2D eigenvalue weighted by atomic mass is 9.90. The van der Waals surface area contributed by atoms with Crippen LogP contribution in [0.15, 0.2) is 78.9 Å². The van der Waals surface area contributed by atoms with Crippen LogP contribution in [0, 0.1) is 11.3 Å². The smallest absolute Gasteiger partial charge is 0.226 e. The van der Waals surface area contributed by atoms with Crippen LogP contribution in [0.2, 0.25) is 0 Å². The summed E-state index contributed by atoms with van der Waals surface area (Å²) in [6, 6.07) is 26.9. The molecule has 4 nitrogen and oxygen atoms in total. The molecule has 174 valence electrons. The minimum atomic E-state index is 0.238. The molecule has 6 rings (SSSR count). The van der Waals surface area contributed by atoms with Gasteiger partial charge in [0.1, 0.15) is 11.5 Å². The topological polar surface area (TPSA) is 32.8 Å². The Morgan fingerprint density at radius 1 is 0.853 bits per heavy atom. The van der Waals surface area contributed by atoms with Crippen molar-refractivity contribution in [1.82, 2.24) is 9.80 Å². The van der Waals surface area contributed by atoms with Crippen molar-refractivity contribution < 1.29 is 9.53 Å². The Balaban J connectivity index is 1.02. The second-order valence-corrected chi connectivity index (χ2v) is 10.2. The number of piperidine rings is 1. The molecular weight excluding hydrogens is 420 g/mol. The number of para-hydroxylation sites is 1. The van der Waals surface area contributed by atoms with Crippen molar-refractivity contribution in [2.24, 2.45) is 11.3 Å². The molecule has 2 heterocycles. The molecule has 4 heteroatoms. The molecule has 0 bridgehead atoms. The van der Waals surface area contributed by atoms with Gasteiger partial charge < -0.3 is 9.64 Å². The average Bonchev–Trinajstić information content (AvgIpc) is 3.59. The van der Waals surface area contributed by atoms with Crippen molar-refractivity contribution in [1.29, 1.82) is 0 Å². The first-order chi connectivity index (χ1) is 16.7. The Bertz CT molecular complexity index is 1170. The number of carbonyl (C=O) groups excluding carboxylic acids is 1. The standard InChI is InChI=1S/C30H32N2O2/c33-29(32-16-13-24-8-4-5-9-25(24)22-32)28-20-30(28)14-17-31(18-15-30)21-23-7-6-12-27(19-23)34-26-10-2-1-3-11-26/h1-12,19,28H,13-18,20-22H2. The van der Waals surface area contributed by atoms with Crippen LogP contribution >= 0.6 is 0 Å². The van der Waals surface area contributed by atoms with Crippen molar-refractivity contribution in [3.05, 3.63) is 95.6 Å². The summed E-state index contributed by atoms with van der Waals surface area (Å²) in [5.41, 5.74) is 4.26. The normalized spacial score (nSPS) is 21.2. The number of hydrogen-bond acceptors (Lipinski definition) is 3. The number of fused-ring (bicyclic) bond motifs is 1. The van der Waals surface area contributed by atoms with Crippen LogP contribution in [0.1, 0.15) is 36.0 Å². The second kappa shape index (κ2) is 8.92. The van der Waals surface area contributed by atoms with Gasteiger partial charge in [-0.05, 0) is 85.1 Å². The minimum Gasteiger partial charge on any atom is -0.457 e. The van der Waals surface area contributed by atoms with E-state index in [-0.39, 0.29) is 11.3 Å². The molecule has 0 N–H and O–H groups in total. The third-order valence-corrected chi connectivity index (χ3v) is 8.07. The van der Waals surface area contributed by atoms with E-state index < -0.39 is 0 Å². The highest BCUT2D eigenvalue weighted by atomic mass is 16.5. The summed E-state index contributed by atoms with van der Waals surface area (Å²) >= 11 is 0. The number of ether oxygens (including phenoxy) is 1. The molecule has 1 spiro atoms. The summed E-state index contributed by atoms with van der Waals surface area (Å²) < 4.78 is 6.01. The van der Waals surface area contributed by atoms with Crippen LogP contribution in [0.4, 0.5) is 0 Å². The molecule has 34 heavy (non-hydrogen) atoms. The molecule has 0 radical (unpaired) electrons. The van der Waals surface area contributed by atoms with Gasteiger partial charge in [-0.25, -0.2) is 0 Å². The third kappa shape index (κ3) is 4.35. The zero-order chi connectivity index (χ0) is 23.0. The Morgan fingerprint density at radius 2 is 1.59 bits per heavy atom. The summed E-state index contributed by atoms with van der Waals surface area (Å²) in [6.07, 6.45) is 4.34. The molecule has 1 unspecified atom stereocenters. The predicted molar refractivity (Wildman–Crippen MR) is 134 cm³/mol. The maximum atomic E-state index is 13.3. The molecule has 3 aromatic rings. The number of rotatable bonds is 5. The van der Waals surface area contributed by atoms with Crippen LogP contribution in [-0.4, -0.2) is 35.3 Å².